The average molecular weight is 918 g/mol. The van der Waals surface area contributed by atoms with Crippen molar-refractivity contribution in [1.82, 2.24) is 0 Å². The van der Waals surface area contributed by atoms with Crippen LogP contribution in [0.2, 0.25) is 0 Å². The van der Waals surface area contributed by atoms with E-state index in [0.29, 0.717) is 0 Å². The van der Waals surface area contributed by atoms with Crippen LogP contribution in [0.3, 0.4) is 0 Å². The minimum atomic E-state index is -0.00910. The number of benzene rings is 11. The van der Waals surface area contributed by atoms with Gasteiger partial charge in [0, 0.05) is 37.1 Å². The highest BCUT2D eigenvalue weighted by molar-refractivity contribution is 7.26. The summed E-state index contributed by atoms with van der Waals surface area (Å²) in [4.78, 5) is 2.47. The summed E-state index contributed by atoms with van der Waals surface area (Å²) in [6.07, 6.45) is 0. The molecule has 0 aliphatic rings. The van der Waals surface area contributed by atoms with Crippen molar-refractivity contribution in [3.8, 4) is 44.5 Å². The number of para-hydroxylation sites is 1. The number of thiophene rings is 1. The molecule has 0 N–H and O–H groups in total. The zero-order chi connectivity index (χ0) is 47.7. The molecular weight excluding hydrogens is 863 g/mol. The van der Waals surface area contributed by atoms with Crippen molar-refractivity contribution < 1.29 is 0 Å². The molecule has 1 heterocycles. The number of hydrogen-bond donors (Lipinski definition) is 0. The molecule has 0 aliphatic heterocycles. The van der Waals surface area contributed by atoms with Crippen molar-refractivity contribution in [2.75, 3.05) is 4.90 Å². The third kappa shape index (κ3) is 7.64. The van der Waals surface area contributed by atoms with Crippen LogP contribution in [0.15, 0.2) is 224 Å². The number of rotatable bonds is 7. The molecule has 0 aliphatic carbocycles. The average Bonchev–Trinajstić information content (AvgIpc) is 3.77. The van der Waals surface area contributed by atoms with E-state index in [9.17, 15) is 0 Å². The van der Waals surface area contributed by atoms with Crippen LogP contribution in [0.25, 0.3) is 97.0 Å². The van der Waals surface area contributed by atoms with Crippen molar-refractivity contribution in [3.63, 3.8) is 0 Å². The van der Waals surface area contributed by atoms with Crippen molar-refractivity contribution in [1.29, 1.82) is 0 Å². The van der Waals surface area contributed by atoms with Gasteiger partial charge in [-0.25, -0.2) is 0 Å². The van der Waals surface area contributed by atoms with Gasteiger partial charge in [-0.05, 0) is 130 Å². The highest BCUT2D eigenvalue weighted by Crippen LogP contribution is 2.48. The fraction of sp³-hybridized carbons (Fsp3) is 0.118. The topological polar surface area (TPSA) is 3.24 Å². The van der Waals surface area contributed by atoms with Gasteiger partial charge in [0.15, 0.2) is 0 Å². The minimum Gasteiger partial charge on any atom is -0.310 e. The largest absolute Gasteiger partial charge is 0.310 e. The summed E-state index contributed by atoms with van der Waals surface area (Å²) in [5.41, 5.74) is 15.7. The number of hydrogen-bond acceptors (Lipinski definition) is 2. The van der Waals surface area contributed by atoms with E-state index in [0.717, 1.165) is 17.1 Å². The van der Waals surface area contributed by atoms with Gasteiger partial charge in [0.1, 0.15) is 0 Å². The van der Waals surface area contributed by atoms with Gasteiger partial charge in [0.2, 0.25) is 0 Å². The van der Waals surface area contributed by atoms with Gasteiger partial charge in [-0.3, -0.25) is 0 Å². The third-order valence-corrected chi connectivity index (χ3v) is 15.6. The quantitative estimate of drug-likeness (QED) is 0.144. The Hall–Kier alpha value is -7.78. The van der Waals surface area contributed by atoms with Crippen LogP contribution in [0.4, 0.5) is 17.1 Å². The van der Waals surface area contributed by atoms with E-state index in [4.69, 9.17) is 0 Å². The number of fused-ring (bicyclic) bond motifs is 7. The molecule has 0 fully saturated rings. The van der Waals surface area contributed by atoms with Crippen molar-refractivity contribution in [3.05, 3.63) is 236 Å². The molecule has 0 unspecified atom stereocenters. The lowest BCUT2D eigenvalue weighted by atomic mass is 9.78. The molecule has 0 spiro atoms. The molecule has 0 bridgehead atoms. The normalized spacial score (nSPS) is 12.1. The Labute approximate surface area is 416 Å². The molecule has 70 heavy (non-hydrogen) atoms. The van der Waals surface area contributed by atoms with Crippen LogP contribution in [-0.4, -0.2) is 0 Å². The maximum Gasteiger partial charge on any atom is 0.0540 e. The molecule has 338 valence electrons. The van der Waals surface area contributed by atoms with Gasteiger partial charge < -0.3 is 4.90 Å². The fourth-order valence-corrected chi connectivity index (χ4v) is 11.9. The molecule has 0 atom stereocenters. The monoisotopic (exact) mass is 917 g/mol. The summed E-state index contributed by atoms with van der Waals surface area (Å²) in [7, 11) is 0. The summed E-state index contributed by atoms with van der Waals surface area (Å²) in [6, 6.07) is 83.9. The first-order valence-corrected chi connectivity index (χ1v) is 25.4. The summed E-state index contributed by atoms with van der Waals surface area (Å²) in [5, 5.41) is 10.1. The zero-order valence-electron chi connectivity index (χ0n) is 40.7. The highest BCUT2D eigenvalue weighted by atomic mass is 32.1. The van der Waals surface area contributed by atoms with Crippen LogP contribution in [0, 0.1) is 0 Å². The highest BCUT2D eigenvalue weighted by Gasteiger charge is 2.24. The first kappa shape index (κ1) is 43.5. The second-order valence-corrected chi connectivity index (χ2v) is 22.0. The van der Waals surface area contributed by atoms with E-state index >= 15 is 0 Å². The zero-order valence-corrected chi connectivity index (χ0v) is 41.5. The van der Waals surface area contributed by atoms with Crippen LogP contribution >= 0.6 is 11.3 Å². The first-order valence-electron chi connectivity index (χ1n) is 24.6. The van der Waals surface area contributed by atoms with Crippen LogP contribution in [0.5, 0.6) is 0 Å². The molecule has 0 saturated heterocycles. The molecule has 11 aromatic carbocycles. The van der Waals surface area contributed by atoms with Crippen LogP contribution < -0.4 is 4.90 Å². The molecule has 12 aromatic rings. The molecule has 1 aromatic heterocycles. The summed E-state index contributed by atoms with van der Waals surface area (Å²) >= 11 is 1.88. The van der Waals surface area contributed by atoms with E-state index < -0.39 is 0 Å². The van der Waals surface area contributed by atoms with Gasteiger partial charge in [-0.15, -0.1) is 11.3 Å². The third-order valence-electron chi connectivity index (χ3n) is 14.4. The second-order valence-electron chi connectivity index (χ2n) is 20.9. The van der Waals surface area contributed by atoms with Gasteiger partial charge in [-0.2, -0.15) is 0 Å². The van der Waals surface area contributed by atoms with E-state index in [1.54, 1.807) is 0 Å². The van der Waals surface area contributed by atoms with Crippen LogP contribution in [-0.2, 0) is 10.8 Å². The lowest BCUT2D eigenvalue weighted by molar-refractivity contribution is 0.569. The Morgan fingerprint density at radius 3 is 1.69 bits per heavy atom. The van der Waals surface area contributed by atoms with E-state index in [1.807, 2.05) is 11.3 Å². The fourth-order valence-electron chi connectivity index (χ4n) is 10.6. The predicted molar refractivity (Wildman–Crippen MR) is 306 cm³/mol. The minimum absolute atomic E-state index is 0.00910. The molecule has 0 radical (unpaired) electrons. The molecule has 1 nitrogen and oxygen atoms in total. The Morgan fingerprint density at radius 2 is 0.914 bits per heavy atom. The lowest BCUT2D eigenvalue weighted by Gasteiger charge is -2.29. The molecular formula is C68H55NS. The predicted octanol–water partition coefficient (Wildman–Crippen LogP) is 20.2. The molecule has 0 saturated carbocycles. The SMILES string of the molecule is CC(C)(C)c1cc(-c2cccc3cccc(-c4ccccc4N(c4ccc(-c5cccc6c5sc5ccccc56)cc4)c4cccc(-c5cccc6c5ccc5ccccc56)c4)c23)cc(C(C)(C)C)c1. The second kappa shape index (κ2) is 17.0. The lowest BCUT2D eigenvalue weighted by Crippen LogP contribution is -2.16. The standard InChI is InChI=1S/C68H55NS/c1-67(2,3)49-40-48(41-50(43-49)68(4,5)6)55-27-14-19-46-20-15-30-61(65(46)55)59-24-9-11-32-63(59)69(51-37-34-45(35-38-51)56-28-17-31-62-60-25-10-12-33-64(60)70-66(56)62)52-22-13-21-47(42-52)54-26-16-29-57-53-23-8-7-18-44(53)36-39-58(54)57/h7-43H,1-6H3. The maximum absolute atomic E-state index is 2.47. The van der Waals surface area contributed by atoms with E-state index in [2.05, 4.69) is 271 Å². The van der Waals surface area contributed by atoms with Crippen molar-refractivity contribution in [2.45, 2.75) is 52.4 Å². The van der Waals surface area contributed by atoms with Crippen molar-refractivity contribution in [2.24, 2.45) is 0 Å². The van der Waals surface area contributed by atoms with Gasteiger partial charge in [0.05, 0.1) is 5.69 Å². The first-order chi connectivity index (χ1) is 34.0. The van der Waals surface area contributed by atoms with Crippen LogP contribution in [0.1, 0.15) is 52.7 Å². The Bertz CT molecular complexity index is 3930. The molecule has 2 heteroatoms. The van der Waals surface area contributed by atoms with Gasteiger partial charge in [-0.1, -0.05) is 230 Å². The summed E-state index contributed by atoms with van der Waals surface area (Å²) in [5.74, 6) is 0. The maximum atomic E-state index is 2.47. The van der Waals surface area contributed by atoms with E-state index in [1.165, 1.54) is 108 Å². The Balaban J connectivity index is 1.06. The Morgan fingerprint density at radius 1 is 0.329 bits per heavy atom. The van der Waals surface area contributed by atoms with Gasteiger partial charge >= 0.3 is 0 Å². The smallest absolute Gasteiger partial charge is 0.0540 e. The van der Waals surface area contributed by atoms with Crippen molar-refractivity contribution >= 4 is 80.9 Å². The number of nitrogens with zero attached hydrogens (tertiary/aromatic N) is 1. The molecule has 12 rings (SSSR count). The molecule has 0 amide bonds. The van der Waals surface area contributed by atoms with E-state index in [-0.39, 0.29) is 10.8 Å². The Kier molecular flexibility index (Phi) is 10.6. The summed E-state index contributed by atoms with van der Waals surface area (Å²) in [6.45, 7) is 14.0. The number of anilines is 3. The van der Waals surface area contributed by atoms with Gasteiger partial charge in [0.25, 0.3) is 0 Å². The summed E-state index contributed by atoms with van der Waals surface area (Å²) < 4.78 is 2.64.